The van der Waals surface area contributed by atoms with Crippen LogP contribution in [0.5, 0.6) is 0 Å². The first kappa shape index (κ1) is 22.2. The third-order valence-corrected chi connectivity index (χ3v) is 4.21. The summed E-state index contributed by atoms with van der Waals surface area (Å²) in [6.45, 7) is 5.44. The van der Waals surface area contributed by atoms with Crippen molar-refractivity contribution < 1.29 is 18.9 Å². The van der Waals surface area contributed by atoms with Crippen LogP contribution in [0.25, 0.3) is 0 Å². The van der Waals surface area contributed by atoms with E-state index >= 15 is 0 Å². The first-order chi connectivity index (χ1) is 14.7. The van der Waals surface area contributed by atoms with Gasteiger partial charge in [0, 0.05) is 12.6 Å². The van der Waals surface area contributed by atoms with Gasteiger partial charge in [-0.25, -0.2) is 9.78 Å². The van der Waals surface area contributed by atoms with Crippen LogP contribution in [0.4, 0.5) is 10.6 Å². The molecule has 0 spiro atoms. The minimum atomic E-state index is -0.602. The number of hydrogen-bond donors (Lipinski definition) is 1. The van der Waals surface area contributed by atoms with Crippen molar-refractivity contribution in [1.29, 1.82) is 0 Å². The number of oxime groups is 1. The summed E-state index contributed by atoms with van der Waals surface area (Å²) in [6.07, 6.45) is -0.583. The molecule has 0 saturated heterocycles. The Kier molecular flexibility index (Phi) is 6.81. The topological polar surface area (TPSA) is 104 Å². The fourth-order valence-electron chi connectivity index (χ4n) is 2.51. The van der Waals surface area contributed by atoms with Crippen molar-refractivity contribution in [3.63, 3.8) is 0 Å². The molecule has 31 heavy (non-hydrogen) atoms. The molecule has 2 aromatic heterocycles. The average Bonchev–Trinajstić information content (AvgIpc) is 3.03. The number of carbonyl (C=O) groups excluding carboxylic acids is 1. The summed E-state index contributed by atoms with van der Waals surface area (Å²) in [7, 11) is 1.74. The second kappa shape index (κ2) is 9.52. The minimum absolute atomic E-state index is 0.0719. The van der Waals surface area contributed by atoms with Gasteiger partial charge in [0.15, 0.2) is 12.3 Å². The third kappa shape index (κ3) is 6.22. The highest BCUT2D eigenvalue weighted by molar-refractivity contribution is 7.71. The molecule has 0 aliphatic rings. The molecule has 0 atom stereocenters. The highest BCUT2D eigenvalue weighted by Crippen LogP contribution is 2.13. The van der Waals surface area contributed by atoms with E-state index in [4.69, 9.17) is 26.3 Å². The number of nitrogens with zero attached hydrogens (tertiary/aromatic N) is 4. The molecule has 0 saturated carbocycles. The largest absolute Gasteiger partial charge is 0.444 e. The maximum Gasteiger partial charge on any atom is 0.413 e. The standard InChI is InChI=1S/C21H23N5O4S/c1-21(2,3)29-19(27)23-16-12-8-11-15(22-16)13-28-24-17(14-9-6-5-7-10-14)18-25-30-20(31)26(18)4/h5-12H,13H2,1-4H3,(H,22,23,27)/b24-17+. The predicted molar refractivity (Wildman–Crippen MR) is 117 cm³/mol. The van der Waals surface area contributed by atoms with Gasteiger partial charge in [0.25, 0.3) is 4.84 Å². The van der Waals surface area contributed by atoms with Gasteiger partial charge in [0.2, 0.25) is 5.82 Å². The molecular formula is C21H23N5O4S. The number of carbonyl (C=O) groups is 1. The molecule has 0 aliphatic heterocycles. The highest BCUT2D eigenvalue weighted by atomic mass is 32.1. The molecule has 0 radical (unpaired) electrons. The van der Waals surface area contributed by atoms with Gasteiger partial charge in [-0.3, -0.25) is 9.88 Å². The number of aromatic nitrogens is 3. The van der Waals surface area contributed by atoms with Gasteiger partial charge in [0.05, 0.1) is 5.69 Å². The van der Waals surface area contributed by atoms with E-state index in [0.29, 0.717) is 23.0 Å². The molecule has 9 nitrogen and oxygen atoms in total. The van der Waals surface area contributed by atoms with Crippen molar-refractivity contribution in [2.24, 2.45) is 12.2 Å². The molecule has 10 heteroatoms. The number of amides is 1. The number of rotatable bonds is 6. The van der Waals surface area contributed by atoms with Crippen molar-refractivity contribution in [3.8, 4) is 0 Å². The van der Waals surface area contributed by atoms with E-state index in [2.05, 4.69) is 20.6 Å². The molecule has 0 fully saturated rings. The monoisotopic (exact) mass is 441 g/mol. The molecule has 162 valence electrons. The van der Waals surface area contributed by atoms with E-state index in [1.54, 1.807) is 50.6 Å². The lowest BCUT2D eigenvalue weighted by Crippen LogP contribution is -2.27. The van der Waals surface area contributed by atoms with Gasteiger partial charge < -0.3 is 14.1 Å². The van der Waals surface area contributed by atoms with Gasteiger partial charge >= 0.3 is 6.09 Å². The molecule has 3 aromatic rings. The van der Waals surface area contributed by atoms with Gasteiger partial charge in [-0.2, -0.15) is 0 Å². The van der Waals surface area contributed by atoms with Gasteiger partial charge in [-0.15, -0.1) is 0 Å². The molecule has 0 unspecified atom stereocenters. The van der Waals surface area contributed by atoms with Crippen LogP contribution in [0.2, 0.25) is 0 Å². The number of hydrogen-bond acceptors (Lipinski definition) is 8. The molecular weight excluding hydrogens is 418 g/mol. The van der Waals surface area contributed by atoms with Crippen molar-refractivity contribution in [1.82, 2.24) is 14.7 Å². The Balaban J connectivity index is 1.75. The summed E-state index contributed by atoms with van der Waals surface area (Å²) < 4.78 is 11.9. The summed E-state index contributed by atoms with van der Waals surface area (Å²) >= 11 is 5.10. The number of anilines is 1. The van der Waals surface area contributed by atoms with E-state index < -0.39 is 11.7 Å². The van der Waals surface area contributed by atoms with E-state index in [0.717, 1.165) is 5.56 Å². The molecule has 1 amide bonds. The zero-order valence-electron chi connectivity index (χ0n) is 17.7. The average molecular weight is 442 g/mol. The van der Waals surface area contributed by atoms with Crippen LogP contribution in [0.3, 0.4) is 0 Å². The SMILES string of the molecule is Cn1c(/C(=N/OCc2cccc(NC(=O)OC(C)(C)C)n2)c2ccccc2)noc1=S. The van der Waals surface area contributed by atoms with Crippen molar-refractivity contribution in [2.45, 2.75) is 33.0 Å². The summed E-state index contributed by atoms with van der Waals surface area (Å²) in [5.74, 6) is 0.783. The summed E-state index contributed by atoms with van der Waals surface area (Å²) in [4.78, 5) is 22.1. The maximum absolute atomic E-state index is 11.9. The number of nitrogens with one attached hydrogen (secondary N) is 1. The zero-order valence-corrected chi connectivity index (χ0v) is 18.5. The van der Waals surface area contributed by atoms with Crippen LogP contribution in [0.15, 0.2) is 58.2 Å². The zero-order chi connectivity index (χ0) is 22.4. The molecule has 0 aliphatic carbocycles. The molecule has 1 aromatic carbocycles. The van der Waals surface area contributed by atoms with E-state index in [1.807, 2.05) is 30.3 Å². The highest BCUT2D eigenvalue weighted by Gasteiger charge is 2.17. The second-order valence-corrected chi connectivity index (χ2v) is 7.90. The Morgan fingerprint density at radius 3 is 2.58 bits per heavy atom. The Bertz CT molecular complexity index is 1130. The maximum atomic E-state index is 11.9. The first-order valence-corrected chi connectivity index (χ1v) is 9.88. The van der Waals surface area contributed by atoms with E-state index in [9.17, 15) is 4.79 Å². The molecule has 1 N–H and O–H groups in total. The van der Waals surface area contributed by atoms with Crippen LogP contribution >= 0.6 is 12.2 Å². The van der Waals surface area contributed by atoms with Crippen LogP contribution in [0, 0.1) is 4.84 Å². The summed E-state index contributed by atoms with van der Waals surface area (Å²) in [6, 6.07) is 14.6. The smallest absolute Gasteiger partial charge is 0.413 e. The lowest BCUT2D eigenvalue weighted by Gasteiger charge is -2.19. The van der Waals surface area contributed by atoms with Gasteiger partial charge in [-0.05, 0) is 45.1 Å². The lowest BCUT2D eigenvalue weighted by atomic mass is 10.1. The molecule has 2 heterocycles. The Morgan fingerprint density at radius 2 is 1.94 bits per heavy atom. The predicted octanol–water partition coefficient (Wildman–Crippen LogP) is 4.45. The Morgan fingerprint density at radius 1 is 1.19 bits per heavy atom. The minimum Gasteiger partial charge on any atom is -0.444 e. The Labute approximate surface area is 184 Å². The normalized spacial score (nSPS) is 11.8. The fourth-order valence-corrected chi connectivity index (χ4v) is 2.64. The quantitative estimate of drug-likeness (QED) is 0.342. The Hall–Kier alpha value is -3.53. The number of benzene rings is 1. The van der Waals surface area contributed by atoms with Crippen LogP contribution < -0.4 is 5.32 Å². The molecule has 0 bridgehead atoms. The van der Waals surface area contributed by atoms with Crippen LogP contribution in [0.1, 0.15) is 37.9 Å². The van der Waals surface area contributed by atoms with Crippen LogP contribution in [-0.4, -0.2) is 32.1 Å². The second-order valence-electron chi connectivity index (χ2n) is 7.55. The number of ether oxygens (including phenoxy) is 1. The fraction of sp³-hybridized carbons (Fsp3) is 0.286. The first-order valence-electron chi connectivity index (χ1n) is 9.47. The number of pyridine rings is 1. The third-order valence-electron chi connectivity index (χ3n) is 3.86. The van der Waals surface area contributed by atoms with E-state index in [1.165, 1.54) is 0 Å². The van der Waals surface area contributed by atoms with Crippen molar-refractivity contribution in [2.75, 3.05) is 5.32 Å². The summed E-state index contributed by atoms with van der Waals surface area (Å²) in [5.41, 5.74) is 1.22. The lowest BCUT2D eigenvalue weighted by molar-refractivity contribution is 0.0635. The van der Waals surface area contributed by atoms with Crippen LogP contribution in [-0.2, 0) is 23.2 Å². The summed E-state index contributed by atoms with van der Waals surface area (Å²) in [5, 5.41) is 10.8. The van der Waals surface area contributed by atoms with Gasteiger partial charge in [-0.1, -0.05) is 46.7 Å². The van der Waals surface area contributed by atoms with Crippen molar-refractivity contribution in [3.05, 3.63) is 70.5 Å². The van der Waals surface area contributed by atoms with Gasteiger partial charge in [0.1, 0.15) is 11.4 Å². The van der Waals surface area contributed by atoms with E-state index in [-0.39, 0.29) is 11.4 Å². The molecule has 3 rings (SSSR count). The van der Waals surface area contributed by atoms with Crippen molar-refractivity contribution >= 4 is 29.8 Å².